The minimum Gasteiger partial charge on any atom is -0.493 e. The smallest absolute Gasteiger partial charge is 0.230 e. The normalized spacial score (nSPS) is 11.8. The van der Waals surface area contributed by atoms with Crippen LogP contribution >= 0.6 is 23.1 Å². The Kier molecular flexibility index (Phi) is 6.86. The predicted molar refractivity (Wildman–Crippen MR) is 97.4 cm³/mol. The van der Waals surface area contributed by atoms with Gasteiger partial charge >= 0.3 is 0 Å². The van der Waals surface area contributed by atoms with Crippen LogP contribution in [0.15, 0.2) is 22.5 Å². The maximum absolute atomic E-state index is 12.2. The van der Waals surface area contributed by atoms with E-state index in [0.717, 1.165) is 16.3 Å². The van der Waals surface area contributed by atoms with Gasteiger partial charge in [-0.3, -0.25) is 4.79 Å². The van der Waals surface area contributed by atoms with E-state index in [4.69, 9.17) is 9.47 Å². The molecular weight excluding hydrogens is 346 g/mol. The number of anilines is 1. The van der Waals surface area contributed by atoms with E-state index >= 15 is 0 Å². The van der Waals surface area contributed by atoms with Crippen LogP contribution in [-0.4, -0.2) is 35.6 Å². The van der Waals surface area contributed by atoms with Crippen LogP contribution in [0.1, 0.15) is 25.8 Å². The Morgan fingerprint density at radius 1 is 1.29 bits per heavy atom. The molecule has 1 amide bonds. The van der Waals surface area contributed by atoms with Crippen LogP contribution in [0.25, 0.3) is 0 Å². The van der Waals surface area contributed by atoms with E-state index in [1.54, 1.807) is 38.1 Å². The molecule has 0 saturated heterocycles. The monoisotopic (exact) mass is 367 g/mol. The summed E-state index contributed by atoms with van der Waals surface area (Å²) in [6.07, 6.45) is 1.29. The maximum atomic E-state index is 12.2. The van der Waals surface area contributed by atoms with Crippen molar-refractivity contribution in [2.75, 3.05) is 19.5 Å². The summed E-state index contributed by atoms with van der Waals surface area (Å²) >= 11 is 3.06. The Labute approximate surface area is 150 Å². The first-order valence-corrected chi connectivity index (χ1v) is 9.26. The number of methoxy groups -OCH3 is 2. The zero-order valence-electron chi connectivity index (χ0n) is 14.2. The van der Waals surface area contributed by atoms with Crippen molar-refractivity contribution >= 4 is 34.1 Å². The minimum atomic E-state index is -0.140. The molecule has 0 fully saturated rings. The van der Waals surface area contributed by atoms with Crippen LogP contribution in [-0.2, 0) is 11.2 Å². The van der Waals surface area contributed by atoms with Gasteiger partial charge in [-0.25, -0.2) is 0 Å². The van der Waals surface area contributed by atoms with Gasteiger partial charge in [-0.05, 0) is 24.1 Å². The summed E-state index contributed by atoms with van der Waals surface area (Å²) in [5.74, 6) is 1.10. The Morgan fingerprint density at radius 3 is 2.71 bits per heavy atom. The molecule has 0 aliphatic rings. The van der Waals surface area contributed by atoms with Crippen molar-refractivity contribution in [3.8, 4) is 11.5 Å². The molecule has 1 heterocycles. The standard InChI is InChI=1S/C16H21N3O3S2/c1-5-10(2)23-16-19-18-15(24-16)17-14(20)9-11-6-7-12(21-3)13(8-11)22-4/h6-8,10H,5,9H2,1-4H3,(H,17,18,20). The van der Waals surface area contributed by atoms with Gasteiger partial charge in [-0.1, -0.05) is 43.0 Å². The average Bonchev–Trinajstić information content (AvgIpc) is 3.01. The van der Waals surface area contributed by atoms with E-state index in [2.05, 4.69) is 29.4 Å². The molecule has 0 spiro atoms. The zero-order valence-corrected chi connectivity index (χ0v) is 15.8. The number of carbonyl (C=O) groups is 1. The molecule has 130 valence electrons. The molecule has 0 aliphatic heterocycles. The Bertz CT molecular complexity index is 691. The molecule has 0 saturated carbocycles. The summed E-state index contributed by atoms with van der Waals surface area (Å²) in [7, 11) is 3.15. The van der Waals surface area contributed by atoms with Crippen LogP contribution in [0, 0.1) is 0 Å². The summed E-state index contributed by atoms with van der Waals surface area (Å²) in [5, 5.41) is 11.9. The van der Waals surface area contributed by atoms with Gasteiger partial charge in [0, 0.05) is 5.25 Å². The van der Waals surface area contributed by atoms with Crippen molar-refractivity contribution < 1.29 is 14.3 Å². The van der Waals surface area contributed by atoms with Gasteiger partial charge in [0.25, 0.3) is 0 Å². The van der Waals surface area contributed by atoms with Crippen LogP contribution in [0.5, 0.6) is 11.5 Å². The van der Waals surface area contributed by atoms with Crippen molar-refractivity contribution in [2.24, 2.45) is 0 Å². The average molecular weight is 367 g/mol. The number of thioether (sulfide) groups is 1. The molecule has 24 heavy (non-hydrogen) atoms. The van der Waals surface area contributed by atoms with Crippen molar-refractivity contribution in [2.45, 2.75) is 36.3 Å². The molecule has 8 heteroatoms. The fraction of sp³-hybridized carbons (Fsp3) is 0.438. The third-order valence-electron chi connectivity index (χ3n) is 3.34. The Morgan fingerprint density at radius 2 is 2.04 bits per heavy atom. The second-order valence-corrected chi connectivity index (χ2v) is 7.79. The van der Waals surface area contributed by atoms with E-state index < -0.39 is 0 Å². The molecule has 2 aromatic rings. The summed E-state index contributed by atoms with van der Waals surface area (Å²) in [6.45, 7) is 4.27. The van der Waals surface area contributed by atoms with Gasteiger partial charge < -0.3 is 14.8 Å². The van der Waals surface area contributed by atoms with Gasteiger partial charge in [-0.2, -0.15) is 0 Å². The van der Waals surface area contributed by atoms with E-state index in [0.29, 0.717) is 21.9 Å². The molecule has 0 bridgehead atoms. The summed E-state index contributed by atoms with van der Waals surface area (Å²) in [6, 6.07) is 5.42. The van der Waals surface area contributed by atoms with E-state index in [1.165, 1.54) is 11.3 Å². The molecular formula is C16H21N3O3S2. The lowest BCUT2D eigenvalue weighted by Gasteiger charge is -2.09. The van der Waals surface area contributed by atoms with Gasteiger partial charge in [-0.15, -0.1) is 10.2 Å². The molecule has 6 nitrogen and oxygen atoms in total. The van der Waals surface area contributed by atoms with Crippen LogP contribution in [0.3, 0.4) is 0 Å². The number of benzene rings is 1. The fourth-order valence-corrected chi connectivity index (χ4v) is 3.92. The molecule has 1 atom stereocenters. The number of hydrogen-bond donors (Lipinski definition) is 1. The largest absolute Gasteiger partial charge is 0.493 e. The van der Waals surface area contributed by atoms with Crippen molar-refractivity contribution in [1.29, 1.82) is 0 Å². The Balaban J connectivity index is 1.96. The number of ether oxygens (including phenoxy) is 2. The molecule has 2 rings (SSSR count). The Hall–Kier alpha value is -1.80. The number of nitrogens with zero attached hydrogens (tertiary/aromatic N) is 2. The first kappa shape index (κ1) is 18.5. The first-order valence-electron chi connectivity index (χ1n) is 7.56. The van der Waals surface area contributed by atoms with Crippen LogP contribution < -0.4 is 14.8 Å². The number of carbonyl (C=O) groups excluding carboxylic acids is 1. The molecule has 0 aliphatic carbocycles. The summed E-state index contributed by atoms with van der Waals surface area (Å²) < 4.78 is 11.3. The highest BCUT2D eigenvalue weighted by Crippen LogP contribution is 2.30. The van der Waals surface area contributed by atoms with Gasteiger partial charge in [0.1, 0.15) is 0 Å². The van der Waals surface area contributed by atoms with E-state index in [1.807, 2.05) is 6.07 Å². The fourth-order valence-electron chi connectivity index (χ4n) is 1.90. The zero-order chi connectivity index (χ0) is 17.5. The van der Waals surface area contributed by atoms with Gasteiger partial charge in [0.2, 0.25) is 11.0 Å². The van der Waals surface area contributed by atoms with E-state index in [9.17, 15) is 4.79 Å². The lowest BCUT2D eigenvalue weighted by molar-refractivity contribution is -0.115. The molecule has 1 aromatic heterocycles. The summed E-state index contributed by atoms with van der Waals surface area (Å²) in [5.41, 5.74) is 0.837. The SMILES string of the molecule is CCC(C)Sc1nnc(NC(=O)Cc2ccc(OC)c(OC)c2)s1. The number of rotatable bonds is 8. The highest BCUT2D eigenvalue weighted by Gasteiger charge is 2.12. The number of nitrogens with one attached hydrogen (secondary N) is 1. The van der Waals surface area contributed by atoms with Gasteiger partial charge in [0.15, 0.2) is 15.8 Å². The van der Waals surface area contributed by atoms with E-state index in [-0.39, 0.29) is 12.3 Å². The lowest BCUT2D eigenvalue weighted by Crippen LogP contribution is -2.14. The number of hydrogen-bond acceptors (Lipinski definition) is 7. The number of amides is 1. The van der Waals surface area contributed by atoms with Crippen molar-refractivity contribution in [1.82, 2.24) is 10.2 Å². The number of aromatic nitrogens is 2. The maximum Gasteiger partial charge on any atom is 0.230 e. The van der Waals surface area contributed by atoms with Gasteiger partial charge in [0.05, 0.1) is 20.6 Å². The predicted octanol–water partition coefficient (Wildman–Crippen LogP) is 3.63. The highest BCUT2D eigenvalue weighted by atomic mass is 32.2. The van der Waals surface area contributed by atoms with Crippen molar-refractivity contribution in [3.05, 3.63) is 23.8 Å². The minimum absolute atomic E-state index is 0.140. The molecule has 1 unspecified atom stereocenters. The third kappa shape index (κ3) is 5.10. The first-order chi connectivity index (χ1) is 11.5. The second-order valence-electron chi connectivity index (χ2n) is 5.12. The molecule has 1 N–H and O–H groups in total. The quantitative estimate of drug-likeness (QED) is 0.567. The topological polar surface area (TPSA) is 73.3 Å². The molecule has 1 aromatic carbocycles. The van der Waals surface area contributed by atoms with Crippen LogP contribution in [0.2, 0.25) is 0 Å². The second kappa shape index (κ2) is 8.89. The van der Waals surface area contributed by atoms with Crippen LogP contribution in [0.4, 0.5) is 5.13 Å². The lowest BCUT2D eigenvalue weighted by atomic mass is 10.1. The third-order valence-corrected chi connectivity index (χ3v) is 5.53. The molecule has 0 radical (unpaired) electrons. The summed E-state index contributed by atoms with van der Waals surface area (Å²) in [4.78, 5) is 12.2. The van der Waals surface area contributed by atoms with Crippen molar-refractivity contribution in [3.63, 3.8) is 0 Å². The highest BCUT2D eigenvalue weighted by molar-refractivity contribution is 8.01.